The largest absolute Gasteiger partial charge is 0.455 e. The summed E-state index contributed by atoms with van der Waals surface area (Å²) < 4.78 is 6.46. The van der Waals surface area contributed by atoms with E-state index >= 15 is 0 Å². The van der Waals surface area contributed by atoms with Crippen molar-refractivity contribution < 1.29 is 4.42 Å². The molecule has 0 saturated carbocycles. The Kier molecular flexibility index (Phi) is 5.57. The second-order valence-corrected chi connectivity index (χ2v) is 12.1. The van der Waals surface area contributed by atoms with Gasteiger partial charge in [-0.05, 0) is 62.3 Å². The Balaban J connectivity index is 1.19. The van der Waals surface area contributed by atoms with E-state index < -0.39 is 0 Å². The molecule has 0 spiro atoms. The molecule has 8 aromatic carbocycles. The second kappa shape index (κ2) is 10.1. The molecule has 0 amide bonds. The minimum absolute atomic E-state index is 0.726. The molecule has 2 heterocycles. The molecule has 0 fully saturated rings. The van der Waals surface area contributed by atoms with Gasteiger partial charge in [0.05, 0.1) is 11.2 Å². The van der Waals surface area contributed by atoms with Gasteiger partial charge in [-0.25, -0.2) is 9.97 Å². The molecule has 0 aliphatic rings. The van der Waals surface area contributed by atoms with Crippen molar-refractivity contribution in [3.8, 4) is 33.8 Å². The van der Waals surface area contributed by atoms with Crippen LogP contribution in [0.15, 0.2) is 162 Å². The van der Waals surface area contributed by atoms with Crippen molar-refractivity contribution in [1.29, 1.82) is 0 Å². The first-order chi connectivity index (χ1) is 23.3. The van der Waals surface area contributed by atoms with E-state index in [0.717, 1.165) is 66.6 Å². The number of furan rings is 1. The van der Waals surface area contributed by atoms with Gasteiger partial charge in [0.15, 0.2) is 5.82 Å². The van der Waals surface area contributed by atoms with Crippen molar-refractivity contribution >= 4 is 65.2 Å². The molecule has 0 N–H and O–H groups in total. The van der Waals surface area contributed by atoms with Crippen LogP contribution >= 0.6 is 0 Å². The highest BCUT2D eigenvalue weighted by Gasteiger charge is 2.18. The molecular formula is C44H26N2O. The van der Waals surface area contributed by atoms with Gasteiger partial charge in [0.1, 0.15) is 11.2 Å². The molecule has 0 aliphatic carbocycles. The van der Waals surface area contributed by atoms with Gasteiger partial charge < -0.3 is 4.42 Å². The molecule has 2 aromatic heterocycles. The van der Waals surface area contributed by atoms with Crippen molar-refractivity contribution in [1.82, 2.24) is 9.97 Å². The molecule has 10 aromatic rings. The number of benzene rings is 8. The molecule has 10 rings (SSSR count). The summed E-state index contributed by atoms with van der Waals surface area (Å²) in [6, 6.07) is 55.5. The second-order valence-electron chi connectivity index (χ2n) is 12.1. The SMILES string of the molecule is c1ccc(-c2nc(-c3ccccc3)c3ccc(-c4ccc5c(ccc6c5c5ccccc5c5oc7ccccc7c65)c4)cc3n2)cc1. The van der Waals surface area contributed by atoms with E-state index in [1.165, 1.54) is 32.3 Å². The molecule has 47 heavy (non-hydrogen) atoms. The third kappa shape index (κ3) is 4.00. The highest BCUT2D eigenvalue weighted by molar-refractivity contribution is 6.34. The average Bonchev–Trinajstić information content (AvgIpc) is 3.54. The Morgan fingerprint density at radius 2 is 1.02 bits per heavy atom. The standard InChI is InChI=1S/C44H26N2O/c1-3-11-27(12-4-1)42-35-23-20-30(26-38(35)45-44(46-42)28-13-5-2-6-14-28)29-19-22-32-31(25-29)21-24-37-40(32)33-15-7-8-16-34(33)43-41(37)36-17-9-10-18-39(36)47-43/h1-26H. The molecule has 218 valence electrons. The van der Waals surface area contributed by atoms with E-state index in [-0.39, 0.29) is 0 Å². The molecular weight excluding hydrogens is 572 g/mol. The molecule has 0 atom stereocenters. The zero-order valence-electron chi connectivity index (χ0n) is 25.3. The summed E-state index contributed by atoms with van der Waals surface area (Å²) in [5.74, 6) is 0.726. The smallest absolute Gasteiger partial charge is 0.160 e. The van der Waals surface area contributed by atoms with Gasteiger partial charge in [0.25, 0.3) is 0 Å². The molecule has 0 radical (unpaired) electrons. The highest BCUT2D eigenvalue weighted by atomic mass is 16.3. The first-order valence-corrected chi connectivity index (χ1v) is 15.9. The van der Waals surface area contributed by atoms with E-state index in [9.17, 15) is 0 Å². The maximum Gasteiger partial charge on any atom is 0.160 e. The summed E-state index contributed by atoms with van der Waals surface area (Å²) in [7, 11) is 0. The fraction of sp³-hybridized carbons (Fsp3) is 0. The monoisotopic (exact) mass is 598 g/mol. The topological polar surface area (TPSA) is 38.9 Å². The van der Waals surface area contributed by atoms with Gasteiger partial charge in [-0.3, -0.25) is 0 Å². The Hall–Kier alpha value is -6.32. The van der Waals surface area contributed by atoms with Crippen molar-refractivity contribution in [2.45, 2.75) is 0 Å². The van der Waals surface area contributed by atoms with Crippen LogP contribution in [0.1, 0.15) is 0 Å². The Morgan fingerprint density at radius 3 is 1.83 bits per heavy atom. The summed E-state index contributed by atoms with van der Waals surface area (Å²) in [5, 5.41) is 10.6. The first kappa shape index (κ1) is 26.0. The van der Waals surface area contributed by atoms with Crippen LogP contribution in [0, 0.1) is 0 Å². The lowest BCUT2D eigenvalue weighted by molar-refractivity contribution is 0.673. The van der Waals surface area contributed by atoms with Crippen LogP contribution in [0.3, 0.4) is 0 Å². The zero-order valence-corrected chi connectivity index (χ0v) is 25.3. The van der Waals surface area contributed by atoms with Crippen LogP contribution in [0.2, 0.25) is 0 Å². The Bertz CT molecular complexity index is 2840. The van der Waals surface area contributed by atoms with Crippen molar-refractivity contribution in [3.63, 3.8) is 0 Å². The van der Waals surface area contributed by atoms with Gasteiger partial charge >= 0.3 is 0 Å². The number of nitrogens with zero attached hydrogens (tertiary/aromatic N) is 2. The van der Waals surface area contributed by atoms with Gasteiger partial charge in [-0.15, -0.1) is 0 Å². The van der Waals surface area contributed by atoms with Crippen molar-refractivity contribution in [2.24, 2.45) is 0 Å². The molecule has 0 bridgehead atoms. The van der Waals surface area contributed by atoms with E-state index in [2.05, 4.69) is 127 Å². The normalized spacial score (nSPS) is 11.8. The van der Waals surface area contributed by atoms with E-state index in [1.54, 1.807) is 0 Å². The summed E-state index contributed by atoms with van der Waals surface area (Å²) in [5.41, 5.74) is 8.09. The number of aromatic nitrogens is 2. The van der Waals surface area contributed by atoms with Crippen LogP contribution < -0.4 is 0 Å². The van der Waals surface area contributed by atoms with Crippen LogP contribution in [-0.2, 0) is 0 Å². The van der Waals surface area contributed by atoms with Crippen LogP contribution in [-0.4, -0.2) is 9.97 Å². The quantitative estimate of drug-likeness (QED) is 0.190. The van der Waals surface area contributed by atoms with Gasteiger partial charge in [0, 0.05) is 32.7 Å². The number of hydrogen-bond acceptors (Lipinski definition) is 3. The third-order valence-electron chi connectivity index (χ3n) is 9.44. The zero-order chi connectivity index (χ0) is 30.9. The Morgan fingerprint density at radius 1 is 0.383 bits per heavy atom. The van der Waals surface area contributed by atoms with Gasteiger partial charge in [-0.1, -0.05) is 133 Å². The van der Waals surface area contributed by atoms with Crippen LogP contribution in [0.25, 0.3) is 98.9 Å². The van der Waals surface area contributed by atoms with Gasteiger partial charge in [0.2, 0.25) is 0 Å². The third-order valence-corrected chi connectivity index (χ3v) is 9.44. The molecule has 0 saturated heterocycles. The highest BCUT2D eigenvalue weighted by Crippen LogP contribution is 2.43. The maximum atomic E-state index is 6.46. The fourth-order valence-electron chi connectivity index (χ4n) is 7.25. The minimum Gasteiger partial charge on any atom is -0.455 e. The lowest BCUT2D eigenvalue weighted by Crippen LogP contribution is -1.95. The number of rotatable bonds is 3. The van der Waals surface area contributed by atoms with E-state index in [1.807, 2.05) is 30.3 Å². The summed E-state index contributed by atoms with van der Waals surface area (Å²) in [6.07, 6.45) is 0. The maximum absolute atomic E-state index is 6.46. The number of para-hydroxylation sites is 1. The average molecular weight is 599 g/mol. The number of fused-ring (bicyclic) bond motifs is 11. The van der Waals surface area contributed by atoms with E-state index in [0.29, 0.717) is 0 Å². The number of hydrogen-bond donors (Lipinski definition) is 0. The fourth-order valence-corrected chi connectivity index (χ4v) is 7.25. The summed E-state index contributed by atoms with van der Waals surface area (Å²) in [6.45, 7) is 0. The predicted octanol–water partition coefficient (Wildman–Crippen LogP) is 12.0. The van der Waals surface area contributed by atoms with Gasteiger partial charge in [-0.2, -0.15) is 0 Å². The molecule has 0 unspecified atom stereocenters. The van der Waals surface area contributed by atoms with Crippen molar-refractivity contribution in [2.75, 3.05) is 0 Å². The predicted molar refractivity (Wildman–Crippen MR) is 196 cm³/mol. The summed E-state index contributed by atoms with van der Waals surface area (Å²) >= 11 is 0. The van der Waals surface area contributed by atoms with Crippen LogP contribution in [0.5, 0.6) is 0 Å². The molecule has 0 aliphatic heterocycles. The van der Waals surface area contributed by atoms with Crippen molar-refractivity contribution in [3.05, 3.63) is 158 Å². The molecule has 3 heteroatoms. The van der Waals surface area contributed by atoms with E-state index in [4.69, 9.17) is 14.4 Å². The van der Waals surface area contributed by atoms with Crippen LogP contribution in [0.4, 0.5) is 0 Å². The minimum atomic E-state index is 0.726. The lowest BCUT2D eigenvalue weighted by atomic mass is 9.91. The molecule has 3 nitrogen and oxygen atoms in total. The lowest BCUT2D eigenvalue weighted by Gasteiger charge is -2.13. The summed E-state index contributed by atoms with van der Waals surface area (Å²) in [4.78, 5) is 10.1. The first-order valence-electron chi connectivity index (χ1n) is 15.9. The Labute approximate surface area is 270 Å².